The maximum atomic E-state index is 12.2. The SMILES string of the molecule is O=C(Oc1ccc(O)cc1OC(=O)c1ccccc1)c1ccccc1. The van der Waals surface area contributed by atoms with E-state index in [1.54, 1.807) is 60.7 Å². The van der Waals surface area contributed by atoms with Crippen LogP contribution in [0.25, 0.3) is 0 Å². The molecule has 5 heteroatoms. The third-order valence-electron chi connectivity index (χ3n) is 3.35. The lowest BCUT2D eigenvalue weighted by Crippen LogP contribution is -2.12. The van der Waals surface area contributed by atoms with Crippen molar-refractivity contribution in [3.8, 4) is 17.2 Å². The molecule has 0 aliphatic heterocycles. The van der Waals surface area contributed by atoms with Crippen molar-refractivity contribution < 1.29 is 24.2 Å². The molecule has 1 N–H and O–H groups in total. The Balaban J connectivity index is 1.83. The number of phenols is 1. The van der Waals surface area contributed by atoms with E-state index in [2.05, 4.69) is 0 Å². The van der Waals surface area contributed by atoms with E-state index in [4.69, 9.17) is 9.47 Å². The van der Waals surface area contributed by atoms with Gasteiger partial charge in [-0.15, -0.1) is 0 Å². The summed E-state index contributed by atoms with van der Waals surface area (Å²) in [5.41, 5.74) is 0.696. The number of esters is 2. The Bertz CT molecular complexity index is 888. The molecule has 3 rings (SSSR count). The van der Waals surface area contributed by atoms with Crippen LogP contribution in [0.3, 0.4) is 0 Å². The fourth-order valence-corrected chi connectivity index (χ4v) is 2.13. The smallest absolute Gasteiger partial charge is 0.343 e. The fraction of sp³-hybridized carbons (Fsp3) is 0. The first-order chi connectivity index (χ1) is 12.1. The van der Waals surface area contributed by atoms with Crippen LogP contribution in [-0.4, -0.2) is 17.0 Å². The van der Waals surface area contributed by atoms with Crippen molar-refractivity contribution in [3.63, 3.8) is 0 Å². The maximum Gasteiger partial charge on any atom is 0.343 e. The van der Waals surface area contributed by atoms with Gasteiger partial charge in [0.05, 0.1) is 11.1 Å². The predicted octanol–water partition coefficient (Wildman–Crippen LogP) is 3.83. The first-order valence-electron chi connectivity index (χ1n) is 7.51. The molecule has 124 valence electrons. The van der Waals surface area contributed by atoms with E-state index in [1.165, 1.54) is 18.2 Å². The van der Waals surface area contributed by atoms with Gasteiger partial charge < -0.3 is 14.6 Å². The summed E-state index contributed by atoms with van der Waals surface area (Å²) in [6.45, 7) is 0. The summed E-state index contributed by atoms with van der Waals surface area (Å²) in [7, 11) is 0. The average Bonchev–Trinajstić information content (AvgIpc) is 2.65. The van der Waals surface area contributed by atoms with E-state index < -0.39 is 11.9 Å². The van der Waals surface area contributed by atoms with Gasteiger partial charge in [0.1, 0.15) is 5.75 Å². The van der Waals surface area contributed by atoms with E-state index in [1.807, 2.05) is 0 Å². The molecule has 0 heterocycles. The molecule has 0 bridgehead atoms. The maximum absolute atomic E-state index is 12.2. The lowest BCUT2D eigenvalue weighted by molar-refractivity contribution is 0.0682. The first kappa shape index (κ1) is 16.3. The molecule has 3 aromatic carbocycles. The van der Waals surface area contributed by atoms with Crippen LogP contribution in [0.15, 0.2) is 78.9 Å². The summed E-state index contributed by atoms with van der Waals surface area (Å²) in [6, 6.07) is 20.7. The molecule has 0 atom stereocenters. The molecule has 0 aromatic heterocycles. The van der Waals surface area contributed by atoms with Gasteiger partial charge in [0.15, 0.2) is 11.5 Å². The van der Waals surface area contributed by atoms with E-state index >= 15 is 0 Å². The number of rotatable bonds is 4. The predicted molar refractivity (Wildman–Crippen MR) is 90.9 cm³/mol. The zero-order valence-electron chi connectivity index (χ0n) is 13.1. The zero-order chi connectivity index (χ0) is 17.6. The van der Waals surface area contributed by atoms with Gasteiger partial charge in [-0.2, -0.15) is 0 Å². The summed E-state index contributed by atoms with van der Waals surface area (Å²) in [6.07, 6.45) is 0. The molecule has 0 saturated carbocycles. The largest absolute Gasteiger partial charge is 0.508 e. The Morgan fingerprint density at radius 1 is 0.640 bits per heavy atom. The van der Waals surface area contributed by atoms with Crippen LogP contribution in [0, 0.1) is 0 Å². The number of hydrogen-bond donors (Lipinski definition) is 1. The molecular formula is C20H14O5. The topological polar surface area (TPSA) is 72.8 Å². The van der Waals surface area contributed by atoms with Crippen molar-refractivity contribution in [1.29, 1.82) is 0 Å². The van der Waals surface area contributed by atoms with Crippen LogP contribution < -0.4 is 9.47 Å². The fourth-order valence-electron chi connectivity index (χ4n) is 2.13. The van der Waals surface area contributed by atoms with Crippen LogP contribution >= 0.6 is 0 Å². The third-order valence-corrected chi connectivity index (χ3v) is 3.35. The summed E-state index contributed by atoms with van der Waals surface area (Å²) < 4.78 is 10.6. The lowest BCUT2D eigenvalue weighted by Gasteiger charge is -2.11. The number of carbonyl (C=O) groups excluding carboxylic acids is 2. The lowest BCUT2D eigenvalue weighted by atomic mass is 10.2. The second-order valence-corrected chi connectivity index (χ2v) is 5.14. The third kappa shape index (κ3) is 4.03. The van der Waals surface area contributed by atoms with Gasteiger partial charge >= 0.3 is 11.9 Å². The van der Waals surface area contributed by atoms with Crippen molar-refractivity contribution in [3.05, 3.63) is 90.0 Å². The van der Waals surface area contributed by atoms with Crippen LogP contribution in [0.1, 0.15) is 20.7 Å². The highest BCUT2D eigenvalue weighted by molar-refractivity contribution is 5.93. The van der Waals surface area contributed by atoms with Crippen LogP contribution in [-0.2, 0) is 0 Å². The Morgan fingerprint density at radius 3 is 1.64 bits per heavy atom. The van der Waals surface area contributed by atoms with Crippen molar-refractivity contribution in [2.24, 2.45) is 0 Å². The summed E-state index contributed by atoms with van der Waals surface area (Å²) in [5.74, 6) is -1.34. The molecule has 5 nitrogen and oxygen atoms in total. The molecule has 0 aliphatic carbocycles. The van der Waals surface area contributed by atoms with Gasteiger partial charge in [-0.05, 0) is 36.4 Å². The Labute approximate surface area is 144 Å². The summed E-state index contributed by atoms with van der Waals surface area (Å²) >= 11 is 0. The summed E-state index contributed by atoms with van der Waals surface area (Å²) in [5, 5.41) is 9.64. The number of phenolic OH excluding ortho intramolecular Hbond substituents is 1. The van der Waals surface area contributed by atoms with Crippen LogP contribution in [0.4, 0.5) is 0 Å². The standard InChI is InChI=1S/C20H14O5/c21-16-11-12-17(24-19(22)14-7-3-1-4-8-14)18(13-16)25-20(23)15-9-5-2-6-10-15/h1-13,21H. The minimum atomic E-state index is -0.622. The van der Waals surface area contributed by atoms with Crippen molar-refractivity contribution >= 4 is 11.9 Å². The van der Waals surface area contributed by atoms with Crippen molar-refractivity contribution in [2.75, 3.05) is 0 Å². The first-order valence-corrected chi connectivity index (χ1v) is 7.51. The molecule has 0 radical (unpaired) electrons. The number of carbonyl (C=O) groups is 2. The Morgan fingerprint density at radius 2 is 1.12 bits per heavy atom. The van der Waals surface area contributed by atoms with Gasteiger partial charge in [0, 0.05) is 6.07 Å². The monoisotopic (exact) mass is 334 g/mol. The molecular weight excluding hydrogens is 320 g/mol. The van der Waals surface area contributed by atoms with Gasteiger partial charge in [0.2, 0.25) is 0 Å². The number of aromatic hydroxyl groups is 1. The second kappa shape index (κ2) is 7.31. The van der Waals surface area contributed by atoms with Gasteiger partial charge in [-0.1, -0.05) is 36.4 Å². The average molecular weight is 334 g/mol. The quantitative estimate of drug-likeness (QED) is 0.580. The molecule has 25 heavy (non-hydrogen) atoms. The van der Waals surface area contributed by atoms with Crippen LogP contribution in [0.2, 0.25) is 0 Å². The minimum Gasteiger partial charge on any atom is -0.508 e. The minimum absolute atomic E-state index is 0.0379. The highest BCUT2D eigenvalue weighted by Crippen LogP contribution is 2.32. The highest BCUT2D eigenvalue weighted by atomic mass is 16.6. The van der Waals surface area contributed by atoms with Gasteiger partial charge in [-0.3, -0.25) is 0 Å². The van der Waals surface area contributed by atoms with Gasteiger partial charge in [0.25, 0.3) is 0 Å². The Hall–Kier alpha value is -3.60. The number of benzene rings is 3. The molecule has 0 unspecified atom stereocenters. The molecule has 0 fully saturated rings. The van der Waals surface area contributed by atoms with Crippen molar-refractivity contribution in [2.45, 2.75) is 0 Å². The van der Waals surface area contributed by atoms with E-state index in [9.17, 15) is 14.7 Å². The summed E-state index contributed by atoms with van der Waals surface area (Å²) in [4.78, 5) is 24.4. The number of ether oxygens (including phenoxy) is 2. The second-order valence-electron chi connectivity index (χ2n) is 5.14. The molecule has 3 aromatic rings. The molecule has 0 spiro atoms. The molecule has 0 saturated heterocycles. The van der Waals surface area contributed by atoms with Gasteiger partial charge in [-0.25, -0.2) is 9.59 Å². The molecule has 0 aliphatic rings. The van der Waals surface area contributed by atoms with E-state index in [-0.39, 0.29) is 17.2 Å². The molecule has 0 amide bonds. The van der Waals surface area contributed by atoms with Crippen molar-refractivity contribution in [1.82, 2.24) is 0 Å². The van der Waals surface area contributed by atoms with E-state index in [0.29, 0.717) is 11.1 Å². The zero-order valence-corrected chi connectivity index (χ0v) is 13.1. The highest BCUT2D eigenvalue weighted by Gasteiger charge is 2.16. The van der Waals surface area contributed by atoms with E-state index in [0.717, 1.165) is 0 Å². The van der Waals surface area contributed by atoms with Crippen LogP contribution in [0.5, 0.6) is 17.2 Å². The number of hydrogen-bond acceptors (Lipinski definition) is 5. The Kier molecular flexibility index (Phi) is 4.76. The normalized spacial score (nSPS) is 10.1.